The molecule has 5 nitrogen and oxygen atoms in total. The van der Waals surface area contributed by atoms with Gasteiger partial charge in [-0.05, 0) is 43.0 Å². The van der Waals surface area contributed by atoms with Crippen LogP contribution in [-0.4, -0.2) is 34.1 Å². The number of aromatic nitrogens is 2. The van der Waals surface area contributed by atoms with Gasteiger partial charge in [0.25, 0.3) is 5.91 Å². The lowest BCUT2D eigenvalue weighted by Gasteiger charge is -2.29. The summed E-state index contributed by atoms with van der Waals surface area (Å²) in [6.45, 7) is 5.52. The third-order valence-electron chi connectivity index (χ3n) is 4.13. The zero-order valence-electron chi connectivity index (χ0n) is 13.7. The van der Waals surface area contributed by atoms with Crippen LogP contribution in [0.1, 0.15) is 40.1 Å². The van der Waals surface area contributed by atoms with Gasteiger partial charge < -0.3 is 5.32 Å². The Morgan fingerprint density at radius 1 is 1.38 bits per heavy atom. The van der Waals surface area contributed by atoms with Crippen LogP contribution in [0.2, 0.25) is 0 Å². The molecule has 7 heteroatoms. The maximum atomic E-state index is 12.9. The predicted molar refractivity (Wildman–Crippen MR) is 91.2 cm³/mol. The lowest BCUT2D eigenvalue weighted by Crippen LogP contribution is -2.33. The van der Waals surface area contributed by atoms with Crippen LogP contribution in [0.25, 0.3) is 0 Å². The van der Waals surface area contributed by atoms with Crippen molar-refractivity contribution in [2.45, 2.75) is 32.9 Å². The highest BCUT2D eigenvalue weighted by Gasteiger charge is 2.19. The Labute approximate surface area is 144 Å². The first-order valence-electron chi connectivity index (χ1n) is 8.17. The van der Waals surface area contributed by atoms with Crippen molar-refractivity contribution in [3.8, 4) is 0 Å². The Morgan fingerprint density at radius 2 is 2.17 bits per heavy atom. The average Bonchev–Trinajstić information content (AvgIpc) is 3.03. The van der Waals surface area contributed by atoms with Gasteiger partial charge in [0, 0.05) is 13.1 Å². The van der Waals surface area contributed by atoms with Crippen molar-refractivity contribution in [3.05, 3.63) is 45.7 Å². The number of nitrogens with one attached hydrogen (secondary N) is 1. The zero-order chi connectivity index (χ0) is 16.9. The second-order valence-corrected chi connectivity index (χ2v) is 7.35. The SMILES string of the molecule is CC1CCCN(Cc2nnc(C(=O)NCc3ccc(F)cc3)s2)C1. The first kappa shape index (κ1) is 17.0. The maximum Gasteiger partial charge on any atom is 0.282 e. The Bertz CT molecular complexity index is 688. The molecule has 0 bridgehead atoms. The third-order valence-corrected chi connectivity index (χ3v) is 5.03. The highest BCUT2D eigenvalue weighted by molar-refractivity contribution is 7.13. The normalized spacial score (nSPS) is 18.5. The van der Waals surface area contributed by atoms with Crippen molar-refractivity contribution in [2.24, 2.45) is 5.92 Å². The number of hydrogen-bond acceptors (Lipinski definition) is 5. The number of rotatable bonds is 5. The van der Waals surface area contributed by atoms with Crippen LogP contribution >= 0.6 is 11.3 Å². The van der Waals surface area contributed by atoms with Crippen LogP contribution < -0.4 is 5.32 Å². The summed E-state index contributed by atoms with van der Waals surface area (Å²) in [6, 6.07) is 6.06. The fourth-order valence-electron chi connectivity index (χ4n) is 2.89. The highest BCUT2D eigenvalue weighted by atomic mass is 32.1. The van der Waals surface area contributed by atoms with Gasteiger partial charge in [-0.1, -0.05) is 30.4 Å². The summed E-state index contributed by atoms with van der Waals surface area (Å²) < 4.78 is 12.9. The number of likely N-dealkylation sites (tertiary alicyclic amines) is 1. The Hall–Kier alpha value is -1.86. The molecule has 1 atom stereocenters. The van der Waals surface area contributed by atoms with Crippen LogP contribution in [0.5, 0.6) is 0 Å². The van der Waals surface area contributed by atoms with E-state index in [4.69, 9.17) is 0 Å². The Kier molecular flexibility index (Phi) is 5.52. The number of hydrogen-bond donors (Lipinski definition) is 1. The standard InChI is InChI=1S/C17H21FN4OS/c1-12-3-2-8-22(10-12)11-15-20-21-17(24-15)16(23)19-9-13-4-6-14(18)7-5-13/h4-7,12H,2-3,8-11H2,1H3,(H,19,23). The van der Waals surface area contributed by atoms with E-state index in [-0.39, 0.29) is 11.7 Å². The molecule has 1 aliphatic rings. The molecule has 1 saturated heterocycles. The molecule has 1 N–H and O–H groups in total. The van der Waals surface area contributed by atoms with Crippen molar-refractivity contribution >= 4 is 17.2 Å². The van der Waals surface area contributed by atoms with Gasteiger partial charge in [-0.3, -0.25) is 9.69 Å². The summed E-state index contributed by atoms with van der Waals surface area (Å²) in [7, 11) is 0. The molecule has 1 amide bonds. The van der Waals surface area contributed by atoms with Crippen LogP contribution in [-0.2, 0) is 13.1 Å². The number of carbonyl (C=O) groups is 1. The van der Waals surface area contributed by atoms with Gasteiger partial charge in [0.05, 0.1) is 6.54 Å². The molecular formula is C17H21FN4OS. The van der Waals surface area contributed by atoms with Gasteiger partial charge in [0.2, 0.25) is 5.01 Å². The van der Waals surface area contributed by atoms with E-state index in [1.165, 1.54) is 36.3 Å². The molecule has 1 aliphatic heterocycles. The van der Waals surface area contributed by atoms with Gasteiger partial charge in [0.1, 0.15) is 10.8 Å². The van der Waals surface area contributed by atoms with E-state index < -0.39 is 0 Å². The molecular weight excluding hydrogens is 327 g/mol. The molecule has 2 aromatic rings. The predicted octanol–water partition coefficient (Wildman–Crippen LogP) is 2.84. The van der Waals surface area contributed by atoms with Crippen LogP contribution in [0.15, 0.2) is 24.3 Å². The monoisotopic (exact) mass is 348 g/mol. The summed E-state index contributed by atoms with van der Waals surface area (Å²) in [4.78, 5) is 14.5. The van der Waals surface area contributed by atoms with E-state index in [0.29, 0.717) is 17.5 Å². The second kappa shape index (κ2) is 7.81. The van der Waals surface area contributed by atoms with Crippen LogP contribution in [0.4, 0.5) is 4.39 Å². The maximum absolute atomic E-state index is 12.9. The number of nitrogens with zero attached hydrogens (tertiary/aromatic N) is 3. The van der Waals surface area contributed by atoms with Gasteiger partial charge >= 0.3 is 0 Å². The summed E-state index contributed by atoms with van der Waals surface area (Å²) in [5.41, 5.74) is 0.844. The lowest BCUT2D eigenvalue weighted by molar-refractivity contribution is 0.0950. The smallest absolute Gasteiger partial charge is 0.282 e. The number of piperidine rings is 1. The molecule has 24 heavy (non-hydrogen) atoms. The minimum absolute atomic E-state index is 0.241. The molecule has 3 rings (SSSR count). The Balaban J connectivity index is 1.52. The summed E-state index contributed by atoms with van der Waals surface area (Å²) in [6.07, 6.45) is 2.49. The minimum atomic E-state index is -0.286. The van der Waals surface area contributed by atoms with E-state index >= 15 is 0 Å². The molecule has 1 aromatic heterocycles. The summed E-state index contributed by atoms with van der Waals surface area (Å²) in [5.74, 6) is 0.186. The van der Waals surface area contributed by atoms with Crippen molar-refractivity contribution in [1.29, 1.82) is 0 Å². The van der Waals surface area contributed by atoms with Crippen molar-refractivity contribution in [1.82, 2.24) is 20.4 Å². The first-order valence-corrected chi connectivity index (χ1v) is 8.99. The minimum Gasteiger partial charge on any atom is -0.346 e. The molecule has 1 aromatic carbocycles. The molecule has 1 unspecified atom stereocenters. The van der Waals surface area contributed by atoms with Crippen LogP contribution in [0.3, 0.4) is 0 Å². The second-order valence-electron chi connectivity index (χ2n) is 6.29. The van der Waals surface area contributed by atoms with Gasteiger partial charge in [0.15, 0.2) is 0 Å². The van der Waals surface area contributed by atoms with Gasteiger partial charge in [-0.25, -0.2) is 4.39 Å². The van der Waals surface area contributed by atoms with E-state index in [2.05, 4.69) is 27.3 Å². The fourth-order valence-corrected chi connectivity index (χ4v) is 3.69. The molecule has 1 fully saturated rings. The highest BCUT2D eigenvalue weighted by Crippen LogP contribution is 2.19. The fraction of sp³-hybridized carbons (Fsp3) is 0.471. The third kappa shape index (κ3) is 4.58. The average molecular weight is 348 g/mol. The largest absolute Gasteiger partial charge is 0.346 e. The number of benzene rings is 1. The molecule has 0 spiro atoms. The lowest BCUT2D eigenvalue weighted by atomic mass is 10.0. The molecule has 0 aliphatic carbocycles. The van der Waals surface area contributed by atoms with Crippen molar-refractivity contribution in [3.63, 3.8) is 0 Å². The van der Waals surface area contributed by atoms with E-state index in [1.54, 1.807) is 12.1 Å². The number of halogens is 1. The number of amides is 1. The van der Waals surface area contributed by atoms with E-state index in [0.717, 1.165) is 30.2 Å². The summed E-state index contributed by atoms with van der Waals surface area (Å²) in [5, 5.41) is 12.2. The van der Waals surface area contributed by atoms with Gasteiger partial charge in [-0.15, -0.1) is 10.2 Å². The zero-order valence-corrected chi connectivity index (χ0v) is 14.5. The molecule has 0 radical (unpaired) electrons. The van der Waals surface area contributed by atoms with Gasteiger partial charge in [-0.2, -0.15) is 0 Å². The van der Waals surface area contributed by atoms with Crippen molar-refractivity contribution in [2.75, 3.05) is 13.1 Å². The number of carbonyl (C=O) groups excluding carboxylic acids is 1. The molecule has 128 valence electrons. The van der Waals surface area contributed by atoms with Crippen molar-refractivity contribution < 1.29 is 9.18 Å². The molecule has 2 heterocycles. The molecule has 0 saturated carbocycles. The van der Waals surface area contributed by atoms with E-state index in [9.17, 15) is 9.18 Å². The Morgan fingerprint density at radius 3 is 2.92 bits per heavy atom. The van der Waals surface area contributed by atoms with Crippen LogP contribution in [0, 0.1) is 11.7 Å². The quantitative estimate of drug-likeness (QED) is 0.903. The summed E-state index contributed by atoms with van der Waals surface area (Å²) >= 11 is 1.34. The topological polar surface area (TPSA) is 58.1 Å². The van der Waals surface area contributed by atoms with E-state index in [1.807, 2.05) is 0 Å². The first-order chi connectivity index (χ1) is 11.6.